The Morgan fingerprint density at radius 2 is 2.10 bits per heavy atom. The number of hydrogen-bond acceptors (Lipinski definition) is 6. The van der Waals surface area contributed by atoms with E-state index in [4.69, 9.17) is 22.1 Å². The Morgan fingerprint density at radius 1 is 1.48 bits per heavy atom. The maximum atomic E-state index is 11.4. The molecular formula is C13H20ClN3O4. The molecule has 0 aliphatic rings. The number of alkyl carbamates (subject to hydrolysis) is 1. The third kappa shape index (κ3) is 5.74. The van der Waals surface area contributed by atoms with Crippen LogP contribution in [0.1, 0.15) is 32.6 Å². The summed E-state index contributed by atoms with van der Waals surface area (Å²) in [7, 11) is 0. The summed E-state index contributed by atoms with van der Waals surface area (Å²) in [4.78, 5) is 15.3. The number of nitrogens with one attached hydrogen (secondary N) is 1. The fourth-order valence-electron chi connectivity index (χ4n) is 1.43. The van der Waals surface area contributed by atoms with Gasteiger partial charge in [0.1, 0.15) is 17.8 Å². The van der Waals surface area contributed by atoms with Gasteiger partial charge in [-0.3, -0.25) is 0 Å². The molecule has 0 aromatic carbocycles. The van der Waals surface area contributed by atoms with Crippen molar-refractivity contribution in [2.75, 3.05) is 12.3 Å². The molecule has 0 spiro atoms. The number of aliphatic hydroxyl groups excluding tert-OH is 2. The molecule has 7 nitrogen and oxygen atoms in total. The fourth-order valence-corrected chi connectivity index (χ4v) is 1.60. The number of rotatable bonds is 4. The van der Waals surface area contributed by atoms with Crippen molar-refractivity contribution in [1.82, 2.24) is 10.3 Å². The van der Waals surface area contributed by atoms with Crippen LogP contribution in [-0.2, 0) is 4.74 Å². The van der Waals surface area contributed by atoms with Gasteiger partial charge in [-0.05, 0) is 32.9 Å². The summed E-state index contributed by atoms with van der Waals surface area (Å²) in [5, 5.41) is 22.2. The minimum absolute atomic E-state index is 0.0406. The average Bonchev–Trinajstić information content (AvgIpc) is 2.36. The number of anilines is 1. The molecule has 0 radical (unpaired) electrons. The molecule has 118 valence electrons. The van der Waals surface area contributed by atoms with Crippen LogP contribution in [-0.4, -0.2) is 39.5 Å². The second kappa shape index (κ2) is 6.93. The van der Waals surface area contributed by atoms with E-state index in [1.54, 1.807) is 20.8 Å². The van der Waals surface area contributed by atoms with Gasteiger partial charge in [-0.25, -0.2) is 9.78 Å². The number of pyridine rings is 1. The average molecular weight is 318 g/mol. The SMILES string of the molecule is CC(C)(C)OC(=O)NCC(O)C(O)c1ccc(N)c(Cl)n1. The first-order valence-electron chi connectivity index (χ1n) is 6.35. The highest BCUT2D eigenvalue weighted by Gasteiger charge is 2.22. The zero-order valence-corrected chi connectivity index (χ0v) is 12.9. The zero-order valence-electron chi connectivity index (χ0n) is 12.1. The van der Waals surface area contributed by atoms with E-state index in [1.165, 1.54) is 12.1 Å². The molecule has 0 saturated heterocycles. The molecule has 0 aliphatic carbocycles. The van der Waals surface area contributed by atoms with Crippen molar-refractivity contribution in [3.63, 3.8) is 0 Å². The third-order valence-corrected chi connectivity index (χ3v) is 2.72. The van der Waals surface area contributed by atoms with Gasteiger partial charge in [-0.15, -0.1) is 0 Å². The van der Waals surface area contributed by atoms with E-state index in [0.717, 1.165) is 0 Å². The molecule has 1 aromatic heterocycles. The summed E-state index contributed by atoms with van der Waals surface area (Å²) in [6.07, 6.45) is -3.25. The van der Waals surface area contributed by atoms with Crippen LogP contribution in [0.25, 0.3) is 0 Å². The summed E-state index contributed by atoms with van der Waals surface area (Å²) in [5.41, 5.74) is 5.30. The topological polar surface area (TPSA) is 118 Å². The van der Waals surface area contributed by atoms with Crippen molar-refractivity contribution >= 4 is 23.4 Å². The lowest BCUT2D eigenvalue weighted by Crippen LogP contribution is -2.39. The number of nitrogen functional groups attached to an aromatic ring is 1. The summed E-state index contributed by atoms with van der Waals surface area (Å²) < 4.78 is 5.01. The molecule has 0 bridgehead atoms. The van der Waals surface area contributed by atoms with Crippen LogP contribution in [0, 0.1) is 0 Å². The lowest BCUT2D eigenvalue weighted by molar-refractivity contribution is 0.0109. The molecule has 0 fully saturated rings. The molecule has 21 heavy (non-hydrogen) atoms. The van der Waals surface area contributed by atoms with Crippen molar-refractivity contribution in [1.29, 1.82) is 0 Å². The number of aromatic nitrogens is 1. The van der Waals surface area contributed by atoms with Crippen LogP contribution >= 0.6 is 11.6 Å². The number of nitrogens with zero attached hydrogens (tertiary/aromatic N) is 1. The van der Waals surface area contributed by atoms with Crippen LogP contribution in [0.5, 0.6) is 0 Å². The molecule has 1 rings (SSSR count). The molecule has 0 aliphatic heterocycles. The van der Waals surface area contributed by atoms with Gasteiger partial charge >= 0.3 is 6.09 Å². The van der Waals surface area contributed by atoms with E-state index >= 15 is 0 Å². The predicted molar refractivity (Wildman–Crippen MR) is 78.9 cm³/mol. The Bertz CT molecular complexity index is 505. The molecule has 5 N–H and O–H groups in total. The van der Waals surface area contributed by atoms with Gasteiger partial charge in [-0.2, -0.15) is 0 Å². The maximum Gasteiger partial charge on any atom is 0.407 e. The first-order valence-corrected chi connectivity index (χ1v) is 6.73. The van der Waals surface area contributed by atoms with Gasteiger partial charge in [-0.1, -0.05) is 11.6 Å². The van der Waals surface area contributed by atoms with Crippen LogP contribution in [0.15, 0.2) is 12.1 Å². The Labute approximate surface area is 128 Å². The van der Waals surface area contributed by atoms with Gasteiger partial charge in [0.05, 0.1) is 11.4 Å². The van der Waals surface area contributed by atoms with Gasteiger partial charge in [0.25, 0.3) is 0 Å². The minimum atomic E-state index is -1.31. The summed E-state index contributed by atoms with van der Waals surface area (Å²) >= 11 is 5.74. The molecule has 1 aromatic rings. The Hall–Kier alpha value is -1.57. The standard InChI is InChI=1S/C13H20ClN3O4/c1-13(2,3)21-12(20)16-6-9(18)10(19)8-5-4-7(15)11(14)17-8/h4-5,9-10,18-19H,6,15H2,1-3H3,(H,16,20). The summed E-state index contributed by atoms with van der Waals surface area (Å²) in [6.45, 7) is 4.97. The van der Waals surface area contributed by atoms with Crippen molar-refractivity contribution in [3.8, 4) is 0 Å². The number of nitrogens with two attached hydrogens (primary N) is 1. The first-order chi connectivity index (χ1) is 9.60. The normalized spacial score (nSPS) is 14.4. The molecule has 1 amide bonds. The zero-order chi connectivity index (χ0) is 16.2. The van der Waals surface area contributed by atoms with E-state index in [0.29, 0.717) is 0 Å². The van der Waals surface area contributed by atoms with E-state index in [9.17, 15) is 15.0 Å². The number of carbonyl (C=O) groups excluding carboxylic acids is 1. The fraction of sp³-hybridized carbons (Fsp3) is 0.538. The van der Waals surface area contributed by atoms with Gasteiger partial charge in [0, 0.05) is 6.54 Å². The van der Waals surface area contributed by atoms with Crippen molar-refractivity contribution in [2.24, 2.45) is 0 Å². The van der Waals surface area contributed by atoms with Crippen molar-refractivity contribution in [3.05, 3.63) is 23.0 Å². The molecule has 0 saturated carbocycles. The van der Waals surface area contributed by atoms with Gasteiger partial charge in [0.2, 0.25) is 0 Å². The number of carbonyl (C=O) groups is 1. The van der Waals surface area contributed by atoms with Gasteiger partial charge in [0.15, 0.2) is 5.15 Å². The molecule has 2 unspecified atom stereocenters. The Balaban J connectivity index is 2.56. The molecule has 8 heteroatoms. The summed E-state index contributed by atoms with van der Waals surface area (Å²) in [5.74, 6) is 0. The highest BCUT2D eigenvalue weighted by atomic mass is 35.5. The number of halogens is 1. The minimum Gasteiger partial charge on any atom is -0.444 e. The van der Waals surface area contributed by atoms with E-state index in [2.05, 4.69) is 10.3 Å². The van der Waals surface area contributed by atoms with E-state index in [-0.39, 0.29) is 23.1 Å². The molecule has 1 heterocycles. The lowest BCUT2D eigenvalue weighted by atomic mass is 10.1. The monoisotopic (exact) mass is 317 g/mol. The smallest absolute Gasteiger partial charge is 0.407 e. The van der Waals surface area contributed by atoms with Crippen LogP contribution in [0.2, 0.25) is 5.15 Å². The molecule has 2 atom stereocenters. The van der Waals surface area contributed by atoms with Crippen molar-refractivity contribution < 1.29 is 19.7 Å². The quantitative estimate of drug-likeness (QED) is 0.620. The first kappa shape index (κ1) is 17.5. The maximum absolute atomic E-state index is 11.4. The number of amides is 1. The summed E-state index contributed by atoms with van der Waals surface area (Å²) in [6, 6.07) is 2.92. The third-order valence-electron chi connectivity index (χ3n) is 2.42. The highest BCUT2D eigenvalue weighted by Crippen LogP contribution is 2.21. The van der Waals surface area contributed by atoms with Crippen LogP contribution < -0.4 is 11.1 Å². The van der Waals surface area contributed by atoms with Crippen LogP contribution in [0.3, 0.4) is 0 Å². The highest BCUT2D eigenvalue weighted by molar-refractivity contribution is 6.31. The second-order valence-corrected chi connectivity index (χ2v) is 5.87. The van der Waals surface area contributed by atoms with Gasteiger partial charge < -0.3 is 26.0 Å². The Morgan fingerprint density at radius 3 is 2.62 bits per heavy atom. The number of hydrogen-bond donors (Lipinski definition) is 4. The predicted octanol–water partition coefficient (Wildman–Crippen LogP) is 1.24. The van der Waals surface area contributed by atoms with Crippen molar-refractivity contribution in [2.45, 2.75) is 38.6 Å². The second-order valence-electron chi connectivity index (χ2n) is 5.51. The molecular weight excluding hydrogens is 298 g/mol. The van der Waals surface area contributed by atoms with Crippen LogP contribution in [0.4, 0.5) is 10.5 Å². The number of aliphatic hydroxyl groups is 2. The number of ether oxygens (including phenoxy) is 1. The lowest BCUT2D eigenvalue weighted by Gasteiger charge is -2.22. The van der Waals surface area contributed by atoms with E-state index in [1.807, 2.05) is 0 Å². The Kier molecular flexibility index (Phi) is 5.77. The largest absolute Gasteiger partial charge is 0.444 e. The van der Waals surface area contributed by atoms with E-state index < -0.39 is 23.9 Å².